The molecule has 1 amide bonds. The van der Waals surface area contributed by atoms with E-state index >= 15 is 0 Å². The summed E-state index contributed by atoms with van der Waals surface area (Å²) in [5.41, 5.74) is 3.67. The fourth-order valence-corrected chi connectivity index (χ4v) is 8.09. The van der Waals surface area contributed by atoms with Crippen molar-refractivity contribution in [2.24, 2.45) is 0 Å². The molecule has 2 aromatic carbocycles. The number of nitrogens with one attached hydrogen (secondary N) is 1. The lowest BCUT2D eigenvalue weighted by Gasteiger charge is -2.34. The highest BCUT2D eigenvalue weighted by atomic mass is 32.2. The number of methoxy groups -OCH3 is 1. The van der Waals surface area contributed by atoms with Gasteiger partial charge in [0, 0.05) is 76.6 Å². The van der Waals surface area contributed by atoms with E-state index in [1.165, 1.54) is 24.9 Å². The molecule has 52 heavy (non-hydrogen) atoms. The number of thioether (sulfide) groups is 1. The second-order valence-electron chi connectivity index (χ2n) is 13.3. The maximum Gasteiger partial charge on any atom is 0.278 e. The van der Waals surface area contributed by atoms with Gasteiger partial charge in [0.15, 0.2) is 5.79 Å². The lowest BCUT2D eigenvalue weighted by molar-refractivity contribution is -0.421. The van der Waals surface area contributed by atoms with E-state index in [2.05, 4.69) is 40.0 Å². The zero-order valence-electron chi connectivity index (χ0n) is 30.5. The topological polar surface area (TPSA) is 136 Å². The molecule has 3 aromatic rings. The molecule has 0 spiro atoms. The van der Waals surface area contributed by atoms with E-state index in [-0.39, 0.29) is 35.8 Å². The van der Waals surface area contributed by atoms with Crippen LogP contribution in [0.4, 0.5) is 5.69 Å². The van der Waals surface area contributed by atoms with Crippen LogP contribution in [-0.4, -0.2) is 120 Å². The Bertz CT molecular complexity index is 1750. The summed E-state index contributed by atoms with van der Waals surface area (Å²) in [4.78, 5) is 40.2. The monoisotopic (exact) mass is 734 g/mol. The number of H-pyrrole nitrogens is 1. The molecule has 280 valence electrons. The Morgan fingerprint density at radius 2 is 1.90 bits per heavy atom. The summed E-state index contributed by atoms with van der Waals surface area (Å²) in [5.74, 6) is 0.646. The Labute approximate surface area is 309 Å². The first-order valence-electron chi connectivity index (χ1n) is 18.2. The van der Waals surface area contributed by atoms with E-state index < -0.39 is 16.6 Å². The number of hydrogen-bond donors (Lipinski definition) is 1. The van der Waals surface area contributed by atoms with Crippen LogP contribution < -0.4 is 9.64 Å². The molecular weight excluding hydrogens is 685 g/mol. The van der Waals surface area contributed by atoms with Gasteiger partial charge in [-0.3, -0.25) is 14.9 Å². The van der Waals surface area contributed by atoms with Gasteiger partial charge < -0.3 is 38.6 Å². The fraction of sp³-hybridized carbons (Fsp3) is 0.526. The standard InChI is InChI=1S/C38H50N6O7S/c1-5-49-37(52-6-2)34-9-7-18-43(34)36(45)30-26-38(48-4,17-16-33(30)44(46)47)51-24-8-23-50-29-13-10-27(11-14-29)35-39-31-15-12-28(25-32(31)40-35)42-21-19-41(3)20-22-42/h10-16,25-26,34,37H,5-9,17-24H2,1-4H3,(H,39,40)/t34-,37?,38?/m0/s1. The number of rotatable bonds is 16. The molecule has 2 unspecified atom stereocenters. The molecule has 2 aliphatic heterocycles. The third-order valence-electron chi connectivity index (χ3n) is 9.89. The molecule has 3 heterocycles. The number of nitro groups is 1. The number of aromatic amines is 1. The molecular formula is C38H50N6O7S. The maximum atomic E-state index is 13.9. The van der Waals surface area contributed by atoms with Crippen molar-refractivity contribution in [3.63, 3.8) is 0 Å². The molecule has 14 heteroatoms. The molecule has 3 aliphatic rings. The van der Waals surface area contributed by atoms with Crippen LogP contribution in [0.25, 0.3) is 22.4 Å². The summed E-state index contributed by atoms with van der Waals surface area (Å²) < 4.78 is 23.9. The molecule has 13 nitrogen and oxygen atoms in total. The van der Waals surface area contributed by atoms with Gasteiger partial charge in [0.25, 0.3) is 11.6 Å². The van der Waals surface area contributed by atoms with Crippen LogP contribution in [-0.2, 0) is 19.0 Å². The van der Waals surface area contributed by atoms with Crippen molar-refractivity contribution in [1.82, 2.24) is 19.8 Å². The largest absolute Gasteiger partial charge is 0.494 e. The smallest absolute Gasteiger partial charge is 0.278 e. The maximum absolute atomic E-state index is 13.9. The first-order valence-corrected chi connectivity index (χ1v) is 19.3. The minimum atomic E-state index is -1.31. The van der Waals surface area contributed by atoms with Crippen LogP contribution in [0.1, 0.15) is 39.5 Å². The fourth-order valence-electron chi connectivity index (χ4n) is 7.03. The second-order valence-corrected chi connectivity index (χ2v) is 14.6. The number of fused-ring (bicyclic) bond motifs is 1. The number of piperazine rings is 1. The van der Waals surface area contributed by atoms with Gasteiger partial charge in [-0.05, 0) is 81.1 Å². The van der Waals surface area contributed by atoms with Gasteiger partial charge in [-0.25, -0.2) is 4.98 Å². The lowest BCUT2D eigenvalue weighted by atomic mass is 9.97. The summed E-state index contributed by atoms with van der Waals surface area (Å²) in [6.07, 6.45) is 5.14. The van der Waals surface area contributed by atoms with Crippen LogP contribution in [0.3, 0.4) is 0 Å². The average Bonchev–Trinajstić information content (AvgIpc) is 3.82. The Morgan fingerprint density at radius 3 is 2.62 bits per heavy atom. The Hall–Kier alpha value is -3.95. The molecule has 0 radical (unpaired) electrons. The van der Waals surface area contributed by atoms with Gasteiger partial charge in [-0.1, -0.05) is 6.92 Å². The van der Waals surface area contributed by atoms with Crippen molar-refractivity contribution in [1.29, 1.82) is 0 Å². The van der Waals surface area contributed by atoms with E-state index in [4.69, 9.17) is 23.9 Å². The molecule has 1 N–H and O–H groups in total. The van der Waals surface area contributed by atoms with Gasteiger partial charge >= 0.3 is 0 Å². The SMILES string of the molecule is CCOC(SCC)[C@@H]1CCCN1C(=O)C1=CC(OC)(OCCCOc2ccc(-c3nc4ccc(N5CCN(C)CC5)cc4[nH]3)cc2)CC=C1[N+](=O)[O-]. The van der Waals surface area contributed by atoms with Gasteiger partial charge in [0.2, 0.25) is 0 Å². The highest BCUT2D eigenvalue weighted by Gasteiger charge is 2.43. The van der Waals surface area contributed by atoms with Crippen molar-refractivity contribution >= 4 is 34.4 Å². The minimum Gasteiger partial charge on any atom is -0.494 e. The number of ether oxygens (including phenoxy) is 4. The summed E-state index contributed by atoms with van der Waals surface area (Å²) in [7, 11) is 3.64. The third kappa shape index (κ3) is 8.63. The number of carbonyl (C=O) groups excluding carboxylic acids is 1. The molecule has 2 saturated heterocycles. The van der Waals surface area contributed by atoms with Gasteiger partial charge in [-0.15, -0.1) is 11.8 Å². The van der Waals surface area contributed by atoms with E-state index in [9.17, 15) is 14.9 Å². The Balaban J connectivity index is 1.04. The number of carbonyl (C=O) groups is 1. The second kappa shape index (κ2) is 17.3. The molecule has 0 bridgehead atoms. The third-order valence-corrected chi connectivity index (χ3v) is 11.0. The van der Waals surface area contributed by atoms with Gasteiger partial charge in [0.1, 0.15) is 22.6 Å². The number of amides is 1. The summed E-state index contributed by atoms with van der Waals surface area (Å²) in [6, 6.07) is 14.0. The molecule has 6 rings (SSSR count). The minimum absolute atomic E-state index is 0.0157. The number of nitrogens with zero attached hydrogens (tertiary/aromatic N) is 5. The molecule has 1 aliphatic carbocycles. The number of anilines is 1. The van der Waals surface area contributed by atoms with E-state index in [1.807, 2.05) is 38.1 Å². The van der Waals surface area contributed by atoms with E-state index in [0.717, 1.165) is 72.9 Å². The normalized spacial score (nSPS) is 21.7. The first-order chi connectivity index (χ1) is 25.2. The van der Waals surface area contributed by atoms with Crippen LogP contribution in [0.2, 0.25) is 0 Å². The van der Waals surface area contributed by atoms with E-state index in [0.29, 0.717) is 26.2 Å². The number of hydrogen-bond acceptors (Lipinski definition) is 11. The quantitative estimate of drug-likeness (QED) is 0.0840. The van der Waals surface area contributed by atoms with Crippen molar-refractivity contribution < 1.29 is 28.7 Å². The van der Waals surface area contributed by atoms with Gasteiger partial charge in [-0.2, -0.15) is 0 Å². The molecule has 0 saturated carbocycles. The van der Waals surface area contributed by atoms with Crippen LogP contribution in [0.15, 0.2) is 65.9 Å². The highest BCUT2D eigenvalue weighted by molar-refractivity contribution is 7.99. The van der Waals surface area contributed by atoms with E-state index in [1.54, 1.807) is 16.7 Å². The van der Waals surface area contributed by atoms with Crippen LogP contribution >= 0.6 is 11.8 Å². The summed E-state index contributed by atoms with van der Waals surface area (Å²) >= 11 is 1.64. The molecule has 2 fully saturated rings. The Morgan fingerprint density at radius 1 is 1.12 bits per heavy atom. The van der Waals surface area contributed by atoms with Gasteiger partial charge in [0.05, 0.1) is 35.2 Å². The number of likely N-dealkylation sites (tertiary alicyclic amines) is 1. The lowest BCUT2D eigenvalue weighted by Crippen LogP contribution is -2.45. The predicted octanol–water partition coefficient (Wildman–Crippen LogP) is 5.71. The number of likely N-dealkylation sites (N-methyl/N-ethyl adjacent to an activating group) is 1. The first kappa shape index (κ1) is 37.8. The van der Waals surface area contributed by atoms with Crippen molar-refractivity contribution in [3.05, 3.63) is 76.0 Å². The predicted molar refractivity (Wildman–Crippen MR) is 203 cm³/mol. The zero-order valence-corrected chi connectivity index (χ0v) is 31.4. The van der Waals surface area contributed by atoms with Crippen LogP contribution in [0, 0.1) is 10.1 Å². The summed E-state index contributed by atoms with van der Waals surface area (Å²) in [5, 5.41) is 12.0. The van der Waals surface area contributed by atoms with Crippen molar-refractivity contribution in [3.8, 4) is 17.1 Å². The Kier molecular flexibility index (Phi) is 12.5. The van der Waals surface area contributed by atoms with Crippen LogP contribution in [0.5, 0.6) is 5.75 Å². The number of imidazole rings is 1. The summed E-state index contributed by atoms with van der Waals surface area (Å²) in [6.45, 7) is 9.79. The van der Waals surface area contributed by atoms with Crippen molar-refractivity contribution in [2.45, 2.75) is 56.8 Å². The molecule has 3 atom stereocenters. The van der Waals surface area contributed by atoms with Crippen molar-refractivity contribution in [2.75, 3.05) is 77.4 Å². The zero-order chi connectivity index (χ0) is 36.7. The molecule has 1 aromatic heterocycles. The highest BCUT2D eigenvalue weighted by Crippen LogP contribution is 2.35. The number of aromatic nitrogens is 2. The number of benzene rings is 2. The average molecular weight is 735 g/mol.